The predicted octanol–water partition coefficient (Wildman–Crippen LogP) is 4.65. The van der Waals surface area contributed by atoms with Crippen LogP contribution in [0.15, 0.2) is 88.4 Å². The Morgan fingerprint density at radius 1 is 1.03 bits per heavy atom. The molecule has 0 aliphatic heterocycles. The van der Waals surface area contributed by atoms with E-state index in [4.69, 9.17) is 9.15 Å². The number of urea groups is 1. The van der Waals surface area contributed by atoms with Crippen LogP contribution in [0.1, 0.15) is 0 Å². The van der Waals surface area contributed by atoms with Gasteiger partial charge in [-0.15, -0.1) is 5.10 Å². The van der Waals surface area contributed by atoms with Gasteiger partial charge in [0, 0.05) is 34.8 Å². The number of methoxy groups -OCH3 is 1. The first-order chi connectivity index (χ1) is 15.5. The molecule has 0 fully saturated rings. The molecule has 9 heteroatoms. The van der Waals surface area contributed by atoms with Crippen LogP contribution in [0.2, 0.25) is 0 Å². The Morgan fingerprint density at radius 2 is 1.78 bits per heavy atom. The fourth-order valence-corrected chi connectivity index (χ4v) is 3.06. The first-order valence-electron chi connectivity index (χ1n) is 9.56. The monoisotopic (exact) mass is 430 g/mol. The van der Waals surface area contributed by atoms with Crippen molar-refractivity contribution in [2.75, 3.05) is 12.4 Å². The Kier molecular flexibility index (Phi) is 5.80. The van der Waals surface area contributed by atoms with Crippen LogP contribution in [0.4, 0.5) is 16.2 Å². The minimum absolute atomic E-state index is 0.0323. The van der Waals surface area contributed by atoms with Crippen LogP contribution < -0.4 is 21.0 Å². The molecular weight excluding hydrogens is 412 g/mol. The molecule has 0 spiro atoms. The number of non-ortho nitro benzene ring substituents is 1. The number of carbonyl (C=O) groups is 1. The number of hydrogen-bond acceptors (Lipinski definition) is 6. The minimum Gasteiger partial charge on any atom is -0.497 e. The van der Waals surface area contributed by atoms with Gasteiger partial charge in [-0.2, -0.15) is 0 Å². The van der Waals surface area contributed by atoms with Gasteiger partial charge in [0.15, 0.2) is 0 Å². The van der Waals surface area contributed by atoms with Gasteiger partial charge in [-0.3, -0.25) is 10.1 Å². The average molecular weight is 430 g/mol. The number of nitrogens with zero attached hydrogens (tertiary/aromatic N) is 2. The summed E-state index contributed by atoms with van der Waals surface area (Å²) in [6, 6.07) is 21.5. The maximum atomic E-state index is 12.3. The number of nitro groups is 1. The summed E-state index contributed by atoms with van der Waals surface area (Å²) in [7, 11) is 1.55. The van der Waals surface area contributed by atoms with Crippen molar-refractivity contribution in [2.45, 2.75) is 0 Å². The van der Waals surface area contributed by atoms with Gasteiger partial charge in [0.25, 0.3) is 5.69 Å². The van der Waals surface area contributed by atoms with E-state index in [0.29, 0.717) is 28.1 Å². The third-order valence-electron chi connectivity index (χ3n) is 4.64. The number of ether oxygens (including phenoxy) is 1. The average Bonchev–Trinajstić information content (AvgIpc) is 2.82. The molecular formula is C23H18N4O5. The van der Waals surface area contributed by atoms with E-state index in [9.17, 15) is 14.9 Å². The van der Waals surface area contributed by atoms with E-state index in [0.717, 1.165) is 5.39 Å². The molecule has 2 amide bonds. The number of benzene rings is 3. The molecule has 1 heterocycles. The molecule has 0 radical (unpaired) electrons. The summed E-state index contributed by atoms with van der Waals surface area (Å²) in [4.78, 5) is 22.8. The van der Waals surface area contributed by atoms with Gasteiger partial charge in [0.2, 0.25) is 5.55 Å². The third kappa shape index (κ3) is 4.57. The van der Waals surface area contributed by atoms with Gasteiger partial charge in [-0.1, -0.05) is 18.2 Å². The molecule has 32 heavy (non-hydrogen) atoms. The van der Waals surface area contributed by atoms with Crippen molar-refractivity contribution < 1.29 is 18.9 Å². The first-order valence-corrected chi connectivity index (χ1v) is 9.56. The summed E-state index contributed by atoms with van der Waals surface area (Å²) in [5, 5.41) is 18.6. The molecule has 0 aliphatic carbocycles. The van der Waals surface area contributed by atoms with Crippen molar-refractivity contribution in [1.82, 2.24) is 5.43 Å². The van der Waals surface area contributed by atoms with Crippen molar-refractivity contribution in [3.63, 3.8) is 0 Å². The molecule has 160 valence electrons. The lowest BCUT2D eigenvalue weighted by Crippen LogP contribution is -2.26. The number of amides is 2. The van der Waals surface area contributed by atoms with Crippen molar-refractivity contribution in [2.24, 2.45) is 5.10 Å². The number of anilines is 1. The highest BCUT2D eigenvalue weighted by Gasteiger charge is 2.11. The Hall–Kier alpha value is -4.66. The van der Waals surface area contributed by atoms with Crippen LogP contribution in [0.3, 0.4) is 0 Å². The zero-order valence-corrected chi connectivity index (χ0v) is 16.9. The fourth-order valence-electron chi connectivity index (χ4n) is 3.06. The van der Waals surface area contributed by atoms with E-state index < -0.39 is 11.0 Å². The van der Waals surface area contributed by atoms with E-state index in [-0.39, 0.29) is 11.2 Å². The van der Waals surface area contributed by atoms with Gasteiger partial charge in [0.05, 0.1) is 12.0 Å². The second-order valence-electron chi connectivity index (χ2n) is 6.72. The van der Waals surface area contributed by atoms with Gasteiger partial charge in [-0.05, 0) is 48.0 Å². The molecule has 4 aromatic rings. The zero-order valence-electron chi connectivity index (χ0n) is 16.9. The minimum atomic E-state index is -0.549. The molecule has 0 saturated carbocycles. The van der Waals surface area contributed by atoms with Gasteiger partial charge < -0.3 is 14.5 Å². The van der Waals surface area contributed by atoms with E-state index in [1.54, 1.807) is 55.6 Å². The smallest absolute Gasteiger partial charge is 0.339 e. The number of hydrogen-bond donors (Lipinski definition) is 2. The van der Waals surface area contributed by atoms with Gasteiger partial charge in [0.1, 0.15) is 11.3 Å². The van der Waals surface area contributed by atoms with Crippen LogP contribution in [0.5, 0.6) is 5.75 Å². The summed E-state index contributed by atoms with van der Waals surface area (Å²) in [5.41, 5.74) is 4.82. The Labute approximate surface area is 182 Å². The van der Waals surface area contributed by atoms with Crippen molar-refractivity contribution in [3.05, 3.63) is 94.5 Å². The lowest BCUT2D eigenvalue weighted by molar-refractivity contribution is -0.384. The highest BCUT2D eigenvalue weighted by atomic mass is 16.6. The topological polar surface area (TPSA) is 119 Å². The van der Waals surface area contributed by atoms with Crippen LogP contribution in [-0.4, -0.2) is 18.1 Å². The molecule has 0 saturated heterocycles. The summed E-state index contributed by atoms with van der Waals surface area (Å²) in [5.74, 6) is 0.602. The van der Waals surface area contributed by atoms with E-state index >= 15 is 0 Å². The summed E-state index contributed by atoms with van der Waals surface area (Å²) in [6.45, 7) is 0. The summed E-state index contributed by atoms with van der Waals surface area (Å²) < 4.78 is 11.2. The maximum Gasteiger partial charge on any atom is 0.339 e. The van der Waals surface area contributed by atoms with Crippen LogP contribution >= 0.6 is 0 Å². The molecule has 0 bridgehead atoms. The largest absolute Gasteiger partial charge is 0.497 e. The van der Waals surface area contributed by atoms with Crippen LogP contribution in [0, 0.1) is 10.1 Å². The first kappa shape index (κ1) is 20.6. The number of rotatable bonds is 5. The maximum absolute atomic E-state index is 12.3. The van der Waals surface area contributed by atoms with Crippen molar-refractivity contribution in [1.29, 1.82) is 0 Å². The third-order valence-corrected chi connectivity index (χ3v) is 4.64. The van der Waals surface area contributed by atoms with Crippen LogP contribution in [0.25, 0.3) is 22.1 Å². The Balaban J connectivity index is 1.75. The number of nitrogens with one attached hydrogen (secondary N) is 2. The number of para-hydroxylation sites is 1. The number of carbonyl (C=O) groups excluding carboxylic acids is 1. The second-order valence-corrected chi connectivity index (χ2v) is 6.72. The summed E-state index contributed by atoms with van der Waals surface area (Å²) >= 11 is 0. The zero-order chi connectivity index (χ0) is 22.5. The number of nitro benzene ring substituents is 1. The van der Waals surface area contributed by atoms with Crippen molar-refractivity contribution >= 4 is 28.4 Å². The molecule has 4 rings (SSSR count). The van der Waals surface area contributed by atoms with E-state index in [2.05, 4.69) is 15.8 Å². The lowest BCUT2D eigenvalue weighted by Gasteiger charge is -2.07. The normalized spacial score (nSPS) is 11.2. The molecule has 1 aromatic heterocycles. The molecule has 0 unspecified atom stereocenters. The standard InChI is InChI=1S/C23H18N4O5/c1-31-19-12-9-16-13-20(15-7-10-18(11-8-15)27(29)30)22(32-21(16)14-19)25-26-23(28)24-17-5-3-2-4-6-17/h2-14H,1H3,(H2,24,26,28)/b25-22+. The summed E-state index contributed by atoms with van der Waals surface area (Å²) in [6.07, 6.45) is 0. The Morgan fingerprint density at radius 3 is 2.47 bits per heavy atom. The van der Waals surface area contributed by atoms with E-state index in [1.807, 2.05) is 18.2 Å². The molecule has 0 atom stereocenters. The molecule has 9 nitrogen and oxygen atoms in total. The molecule has 0 aliphatic rings. The quantitative estimate of drug-likeness (QED) is 0.353. The highest BCUT2D eigenvalue weighted by Crippen LogP contribution is 2.25. The van der Waals surface area contributed by atoms with E-state index in [1.165, 1.54) is 12.1 Å². The number of fused-ring (bicyclic) bond motifs is 1. The van der Waals surface area contributed by atoms with Gasteiger partial charge in [-0.25, -0.2) is 10.2 Å². The molecule has 2 N–H and O–H groups in total. The fraction of sp³-hybridized carbons (Fsp3) is 0.0435. The van der Waals surface area contributed by atoms with Crippen molar-refractivity contribution in [3.8, 4) is 16.9 Å². The predicted molar refractivity (Wildman–Crippen MR) is 119 cm³/mol. The Bertz CT molecular complexity index is 1350. The molecule has 3 aromatic carbocycles. The SMILES string of the molecule is COc1ccc2cc(-c3ccc([N+](=O)[O-])cc3)/c(=N\NC(=O)Nc3ccccc3)oc2c1. The second kappa shape index (κ2) is 9.00. The lowest BCUT2D eigenvalue weighted by atomic mass is 10.1. The van der Waals surface area contributed by atoms with Crippen LogP contribution in [-0.2, 0) is 0 Å². The van der Waals surface area contributed by atoms with Gasteiger partial charge >= 0.3 is 6.03 Å². The highest BCUT2D eigenvalue weighted by molar-refractivity contribution is 5.89.